The second-order valence-electron chi connectivity index (χ2n) is 12.7. The van der Waals surface area contributed by atoms with Crippen LogP contribution in [0.4, 0.5) is 10.2 Å². The smallest absolute Gasteiger partial charge is 0.319 e. The van der Waals surface area contributed by atoms with Crippen molar-refractivity contribution in [3.63, 3.8) is 0 Å². The van der Waals surface area contributed by atoms with Gasteiger partial charge in [0.25, 0.3) is 0 Å². The van der Waals surface area contributed by atoms with Crippen LogP contribution in [0.2, 0.25) is 5.02 Å². The Morgan fingerprint density at radius 2 is 1.95 bits per heavy atom. The van der Waals surface area contributed by atoms with Crippen LogP contribution in [0.5, 0.6) is 6.01 Å². The summed E-state index contributed by atoms with van der Waals surface area (Å²) in [6.07, 6.45) is 7.11. The third-order valence-corrected chi connectivity index (χ3v) is 10.2. The number of hydrogen-bond donors (Lipinski definition) is 0. The molecule has 0 bridgehead atoms. The molecule has 1 spiro atoms. The largest absolute Gasteiger partial charge is 0.462 e. The SMILES string of the molecule is C=CC(=O)N1CC2(CCN(c3nc(OC[C@@H]4CCCN4C)nc4c(F)c(-c5c(C)ccc6cnn(C)c56)c(Cl)cc34)CC2)C1. The zero-order chi connectivity index (χ0) is 30.7. The minimum absolute atomic E-state index is 0.0208. The first-order chi connectivity index (χ1) is 21.2. The zero-order valence-electron chi connectivity index (χ0n) is 25.4. The number of piperidine rings is 1. The number of anilines is 1. The molecule has 2 aromatic carbocycles. The van der Waals surface area contributed by atoms with Crippen molar-refractivity contribution in [2.75, 3.05) is 51.3 Å². The fourth-order valence-electron chi connectivity index (χ4n) is 7.30. The van der Waals surface area contributed by atoms with Crippen LogP contribution in [-0.4, -0.2) is 87.9 Å². The van der Waals surface area contributed by atoms with Crippen molar-refractivity contribution in [2.45, 2.75) is 38.6 Å². The Bertz CT molecular complexity index is 1790. The molecule has 9 nitrogen and oxygen atoms in total. The van der Waals surface area contributed by atoms with E-state index in [0.717, 1.165) is 74.9 Å². The van der Waals surface area contributed by atoms with Gasteiger partial charge >= 0.3 is 6.01 Å². The van der Waals surface area contributed by atoms with E-state index in [0.29, 0.717) is 34.0 Å². The van der Waals surface area contributed by atoms with Crippen molar-refractivity contribution in [3.8, 4) is 17.1 Å². The normalized spacial score (nSPS) is 20.1. The van der Waals surface area contributed by atoms with Crippen LogP contribution in [0.1, 0.15) is 31.2 Å². The third-order valence-electron chi connectivity index (χ3n) is 9.94. The standard InChI is InChI=1S/C33H37ClFN7O2/c1-5-25(43)42-18-33(19-42)10-13-41(14-11-33)31-23-15-24(34)27(26-20(2)8-9-21-16-36-40(4)30(21)26)28(35)29(23)37-32(38-31)44-17-22-7-6-12-39(22)3/h5,8-9,15-16,22H,1,6-7,10-14,17-19H2,2-4H3/t22-/m0/s1. The summed E-state index contributed by atoms with van der Waals surface area (Å²) in [7, 11) is 3.94. The van der Waals surface area contributed by atoms with Gasteiger partial charge in [0.05, 0.1) is 16.7 Å². The van der Waals surface area contributed by atoms with Crippen LogP contribution in [0.25, 0.3) is 32.9 Å². The Kier molecular flexibility index (Phi) is 7.24. The molecule has 1 atom stereocenters. The van der Waals surface area contributed by atoms with Gasteiger partial charge in [-0.25, -0.2) is 4.39 Å². The first-order valence-corrected chi connectivity index (χ1v) is 15.7. The summed E-state index contributed by atoms with van der Waals surface area (Å²) < 4.78 is 24.9. The van der Waals surface area contributed by atoms with Gasteiger partial charge in [-0.3, -0.25) is 9.48 Å². The average Bonchev–Trinajstić information content (AvgIpc) is 3.59. The molecule has 3 fully saturated rings. The third kappa shape index (κ3) is 4.79. The van der Waals surface area contributed by atoms with Crippen LogP contribution in [0.3, 0.4) is 0 Å². The molecule has 4 aromatic rings. The number of benzene rings is 2. The molecule has 3 aliphatic rings. The molecule has 44 heavy (non-hydrogen) atoms. The molecule has 0 radical (unpaired) electrons. The summed E-state index contributed by atoms with van der Waals surface area (Å²) in [5, 5.41) is 6.17. The summed E-state index contributed by atoms with van der Waals surface area (Å²) in [4.78, 5) is 27.9. The molecule has 5 heterocycles. The lowest BCUT2D eigenvalue weighted by Gasteiger charge is -2.54. The van der Waals surface area contributed by atoms with Crippen LogP contribution in [-0.2, 0) is 11.8 Å². The number of amides is 1. The van der Waals surface area contributed by atoms with Gasteiger partial charge in [-0.1, -0.05) is 30.3 Å². The van der Waals surface area contributed by atoms with E-state index in [-0.39, 0.29) is 28.9 Å². The Balaban J connectivity index is 1.30. The predicted molar refractivity (Wildman–Crippen MR) is 171 cm³/mol. The highest BCUT2D eigenvalue weighted by molar-refractivity contribution is 6.35. The summed E-state index contributed by atoms with van der Waals surface area (Å²) >= 11 is 6.96. The number of aryl methyl sites for hydroxylation is 2. The number of ether oxygens (including phenoxy) is 1. The van der Waals surface area contributed by atoms with E-state index in [1.54, 1.807) is 16.9 Å². The Hall–Kier alpha value is -3.76. The molecule has 7 rings (SSSR count). The lowest BCUT2D eigenvalue weighted by molar-refractivity contribution is -0.139. The number of likely N-dealkylation sites (tertiary alicyclic amines) is 2. The van der Waals surface area contributed by atoms with Gasteiger partial charge in [0.15, 0.2) is 5.82 Å². The lowest BCUT2D eigenvalue weighted by atomic mass is 9.72. The van der Waals surface area contributed by atoms with Gasteiger partial charge in [0, 0.05) is 66.6 Å². The Morgan fingerprint density at radius 3 is 2.66 bits per heavy atom. The highest BCUT2D eigenvalue weighted by Crippen LogP contribution is 2.45. The number of nitrogens with zero attached hydrogens (tertiary/aromatic N) is 7. The van der Waals surface area contributed by atoms with Crippen LogP contribution in [0.15, 0.2) is 37.1 Å². The molecule has 0 aliphatic carbocycles. The highest BCUT2D eigenvalue weighted by Gasteiger charge is 2.46. The number of likely N-dealkylation sites (N-methyl/N-ethyl adjacent to an activating group) is 1. The molecule has 0 saturated carbocycles. The molecule has 0 unspecified atom stereocenters. The zero-order valence-corrected chi connectivity index (χ0v) is 26.2. The number of hydrogen-bond acceptors (Lipinski definition) is 7. The van der Waals surface area contributed by atoms with Crippen molar-refractivity contribution in [1.29, 1.82) is 0 Å². The number of fused-ring (bicyclic) bond motifs is 2. The molecule has 2 aromatic heterocycles. The lowest BCUT2D eigenvalue weighted by Crippen LogP contribution is -2.61. The van der Waals surface area contributed by atoms with Crippen LogP contribution in [0, 0.1) is 18.2 Å². The highest BCUT2D eigenvalue weighted by atomic mass is 35.5. The number of aromatic nitrogens is 4. The van der Waals surface area contributed by atoms with Crippen molar-refractivity contribution in [2.24, 2.45) is 12.5 Å². The average molecular weight is 618 g/mol. The van der Waals surface area contributed by atoms with Gasteiger partial charge in [0.2, 0.25) is 5.91 Å². The molecule has 3 aliphatic heterocycles. The first kappa shape index (κ1) is 29.0. The molecular formula is C33H37ClFN7O2. The summed E-state index contributed by atoms with van der Waals surface area (Å²) in [5.41, 5.74) is 2.99. The summed E-state index contributed by atoms with van der Waals surface area (Å²) in [6.45, 7) is 9.96. The molecule has 1 amide bonds. The van der Waals surface area contributed by atoms with Crippen molar-refractivity contribution in [3.05, 3.63) is 53.5 Å². The summed E-state index contributed by atoms with van der Waals surface area (Å²) in [5.74, 6) is 0.107. The van der Waals surface area contributed by atoms with Crippen molar-refractivity contribution < 1.29 is 13.9 Å². The monoisotopic (exact) mass is 617 g/mol. The van der Waals surface area contributed by atoms with E-state index >= 15 is 4.39 Å². The van der Waals surface area contributed by atoms with E-state index in [1.165, 1.54) is 6.08 Å². The van der Waals surface area contributed by atoms with Gasteiger partial charge in [0.1, 0.15) is 17.9 Å². The van der Waals surface area contributed by atoms with E-state index in [9.17, 15) is 4.79 Å². The first-order valence-electron chi connectivity index (χ1n) is 15.3. The topological polar surface area (TPSA) is 79.6 Å². The van der Waals surface area contributed by atoms with Crippen LogP contribution >= 0.6 is 11.6 Å². The number of carbonyl (C=O) groups is 1. The molecule has 0 N–H and O–H groups in total. The fraction of sp³-hybridized carbons (Fsp3) is 0.455. The quantitative estimate of drug-likeness (QED) is 0.269. The van der Waals surface area contributed by atoms with E-state index in [1.807, 2.05) is 31.0 Å². The molecule has 11 heteroatoms. The maximum atomic E-state index is 16.9. The summed E-state index contributed by atoms with van der Waals surface area (Å²) in [6, 6.07) is 6.18. The van der Waals surface area contributed by atoms with Gasteiger partial charge in [-0.05, 0) is 63.9 Å². The number of halogens is 2. The van der Waals surface area contributed by atoms with E-state index in [2.05, 4.69) is 33.5 Å². The predicted octanol–water partition coefficient (Wildman–Crippen LogP) is 5.37. The van der Waals surface area contributed by atoms with Crippen molar-refractivity contribution in [1.82, 2.24) is 29.5 Å². The van der Waals surface area contributed by atoms with Gasteiger partial charge in [-0.2, -0.15) is 15.1 Å². The minimum Gasteiger partial charge on any atom is -0.462 e. The maximum absolute atomic E-state index is 16.9. The number of carbonyl (C=O) groups excluding carboxylic acids is 1. The number of rotatable bonds is 6. The fourth-order valence-corrected chi connectivity index (χ4v) is 7.58. The Labute approximate surface area is 261 Å². The molecule has 3 saturated heterocycles. The molecular weight excluding hydrogens is 581 g/mol. The van der Waals surface area contributed by atoms with Gasteiger partial charge in [-0.15, -0.1) is 0 Å². The van der Waals surface area contributed by atoms with E-state index in [4.69, 9.17) is 21.3 Å². The minimum atomic E-state index is -0.498. The van der Waals surface area contributed by atoms with Crippen LogP contribution < -0.4 is 9.64 Å². The van der Waals surface area contributed by atoms with Crippen molar-refractivity contribution >= 4 is 45.1 Å². The van der Waals surface area contributed by atoms with Gasteiger partial charge < -0.3 is 19.4 Å². The van der Waals surface area contributed by atoms with E-state index < -0.39 is 5.82 Å². The molecule has 230 valence electrons. The second-order valence-corrected chi connectivity index (χ2v) is 13.1. The second kappa shape index (κ2) is 11.0. The maximum Gasteiger partial charge on any atom is 0.319 e. The Morgan fingerprint density at radius 1 is 1.18 bits per heavy atom.